The van der Waals surface area contributed by atoms with Gasteiger partial charge in [0.25, 0.3) is 0 Å². The number of fused-ring (bicyclic) bond motifs is 1. The summed E-state index contributed by atoms with van der Waals surface area (Å²) in [6.45, 7) is 9.35. The van der Waals surface area contributed by atoms with Crippen LogP contribution in [0.4, 0.5) is 4.39 Å². The van der Waals surface area contributed by atoms with Gasteiger partial charge in [0.1, 0.15) is 11.9 Å². The number of aromatic nitrogens is 2. The third-order valence-electron chi connectivity index (χ3n) is 11.5. The van der Waals surface area contributed by atoms with Gasteiger partial charge in [-0.25, -0.2) is 9.18 Å². The molecule has 2 N–H and O–H groups in total. The summed E-state index contributed by atoms with van der Waals surface area (Å²) in [6.07, 6.45) is 4.88. The fourth-order valence-corrected chi connectivity index (χ4v) is 8.81. The van der Waals surface area contributed by atoms with E-state index in [1.54, 1.807) is 19.1 Å². The molecule has 2 heterocycles. The zero-order valence-corrected chi connectivity index (χ0v) is 25.8. The molecule has 2 aromatic rings. The first-order valence-corrected chi connectivity index (χ1v) is 15.4. The Morgan fingerprint density at radius 2 is 2.05 bits per heavy atom. The molecule has 1 aromatic heterocycles. The van der Waals surface area contributed by atoms with Crippen molar-refractivity contribution in [1.29, 1.82) is 0 Å². The average molecular weight is 610 g/mol. The number of Topliss-reactive ketones (excluding diaryl/α,β-unsaturated/α-hetero) is 1. The van der Waals surface area contributed by atoms with Gasteiger partial charge in [-0.3, -0.25) is 4.79 Å². The van der Waals surface area contributed by atoms with Gasteiger partial charge in [0.2, 0.25) is 5.89 Å². The summed E-state index contributed by atoms with van der Waals surface area (Å²) in [5, 5.41) is 25.9. The van der Waals surface area contributed by atoms with Crippen molar-refractivity contribution in [2.75, 3.05) is 6.61 Å². The standard InChI is InChI=1S/C32H40BFN2O8/c1-17-8-12-32-13-9-21(37)28(32)31(17,5)23(14-30(4,29(39)18(32)2)11-10-24-35-19(3)36-44-24)43-25(38)16-41-22-7-6-20-15-42-33(40)26(20)27(22)34/h6-7,10-11,17-18,23,28-29,39-40H,8-9,12-16H2,1-5H3/b11-10+/t17-,18+,23-,28+,29+,30-,31+,32+/m1/s1. The molecule has 12 heteroatoms. The number of carbonyl (C=O) groups excluding carboxylic acids is 2. The van der Waals surface area contributed by atoms with Crippen LogP contribution in [0.15, 0.2) is 22.7 Å². The monoisotopic (exact) mass is 610 g/mol. The minimum atomic E-state index is -1.40. The van der Waals surface area contributed by atoms with Crippen LogP contribution < -0.4 is 10.2 Å². The number of nitrogens with zero attached hydrogens (tertiary/aromatic N) is 2. The van der Waals surface area contributed by atoms with Crippen LogP contribution in [-0.4, -0.2) is 58.0 Å². The Morgan fingerprint density at radius 3 is 2.77 bits per heavy atom. The highest BCUT2D eigenvalue weighted by atomic mass is 19.1. The van der Waals surface area contributed by atoms with Crippen LogP contribution in [0, 0.1) is 46.7 Å². The highest BCUT2D eigenvalue weighted by Crippen LogP contribution is 2.68. The number of halogens is 1. The maximum absolute atomic E-state index is 15.1. The number of rotatable bonds is 6. The molecular formula is C32H40BFN2O8. The summed E-state index contributed by atoms with van der Waals surface area (Å²) >= 11 is 0. The fraction of sp³-hybridized carbons (Fsp3) is 0.625. The zero-order chi connectivity index (χ0) is 31.6. The number of benzene rings is 1. The number of ketones is 1. The van der Waals surface area contributed by atoms with E-state index < -0.39 is 54.0 Å². The van der Waals surface area contributed by atoms with Gasteiger partial charge in [-0.15, -0.1) is 0 Å². The third-order valence-corrected chi connectivity index (χ3v) is 11.5. The molecule has 44 heavy (non-hydrogen) atoms. The van der Waals surface area contributed by atoms with Crippen molar-refractivity contribution in [3.63, 3.8) is 0 Å². The number of hydrogen-bond donors (Lipinski definition) is 2. The van der Waals surface area contributed by atoms with Crippen molar-refractivity contribution in [2.24, 2.45) is 34.0 Å². The normalized spacial score (nSPS) is 36.6. The second kappa shape index (κ2) is 11.1. The molecule has 1 aromatic carbocycles. The van der Waals surface area contributed by atoms with E-state index in [9.17, 15) is 19.7 Å². The second-order valence-electron chi connectivity index (χ2n) is 13.8. The average Bonchev–Trinajstić information content (AvgIpc) is 3.69. The third kappa shape index (κ3) is 4.80. The van der Waals surface area contributed by atoms with Gasteiger partial charge in [0.15, 0.2) is 24.0 Å². The quantitative estimate of drug-likeness (QED) is 0.369. The Kier molecular flexibility index (Phi) is 7.77. The van der Waals surface area contributed by atoms with E-state index in [4.69, 9.17) is 18.7 Å². The lowest BCUT2D eigenvalue weighted by Gasteiger charge is -2.61. The molecule has 10 nitrogen and oxygen atoms in total. The molecule has 0 saturated heterocycles. The lowest BCUT2D eigenvalue weighted by molar-refractivity contribution is -0.207. The first-order valence-electron chi connectivity index (χ1n) is 15.4. The highest BCUT2D eigenvalue weighted by Gasteiger charge is 2.68. The van der Waals surface area contributed by atoms with Crippen LogP contribution in [0.3, 0.4) is 0 Å². The number of aliphatic hydroxyl groups excluding tert-OH is 1. The number of ether oxygens (including phenoxy) is 2. The van der Waals surface area contributed by atoms with Crippen molar-refractivity contribution >= 4 is 30.4 Å². The summed E-state index contributed by atoms with van der Waals surface area (Å²) in [6, 6.07) is 2.99. The van der Waals surface area contributed by atoms with Crippen LogP contribution in [0.25, 0.3) is 6.08 Å². The van der Waals surface area contributed by atoms with Gasteiger partial charge >= 0.3 is 13.1 Å². The minimum absolute atomic E-state index is 0.00221. The fourth-order valence-electron chi connectivity index (χ4n) is 8.81. The Labute approximate surface area is 256 Å². The van der Waals surface area contributed by atoms with Crippen molar-refractivity contribution < 1.29 is 42.8 Å². The van der Waals surface area contributed by atoms with Gasteiger partial charge < -0.3 is 28.8 Å². The number of aryl methyl sites for hydroxylation is 1. The lowest BCUT2D eigenvalue weighted by atomic mass is 9.44. The van der Waals surface area contributed by atoms with E-state index in [-0.39, 0.29) is 47.8 Å². The Morgan fingerprint density at radius 1 is 1.27 bits per heavy atom. The van der Waals surface area contributed by atoms with E-state index in [0.29, 0.717) is 30.1 Å². The molecule has 0 unspecified atom stereocenters. The predicted octanol–water partition coefficient (Wildman–Crippen LogP) is 3.55. The molecule has 1 aliphatic heterocycles. The van der Waals surface area contributed by atoms with Gasteiger partial charge in [0.05, 0.1) is 12.7 Å². The van der Waals surface area contributed by atoms with E-state index in [1.807, 2.05) is 19.9 Å². The van der Waals surface area contributed by atoms with Gasteiger partial charge in [-0.1, -0.05) is 45.0 Å². The van der Waals surface area contributed by atoms with Crippen LogP contribution in [0.5, 0.6) is 5.75 Å². The predicted molar refractivity (Wildman–Crippen MR) is 157 cm³/mol. The molecule has 0 amide bonds. The summed E-state index contributed by atoms with van der Waals surface area (Å²) < 4.78 is 37.3. The maximum atomic E-state index is 15.1. The van der Waals surface area contributed by atoms with Gasteiger partial charge in [-0.2, -0.15) is 4.98 Å². The number of carbonyl (C=O) groups is 2. The highest BCUT2D eigenvalue weighted by molar-refractivity contribution is 6.61. The van der Waals surface area contributed by atoms with Crippen LogP contribution in [-0.2, 0) is 25.6 Å². The Bertz CT molecular complexity index is 1500. The lowest BCUT2D eigenvalue weighted by Crippen LogP contribution is -2.63. The van der Waals surface area contributed by atoms with E-state index in [1.165, 1.54) is 6.07 Å². The van der Waals surface area contributed by atoms with Crippen LogP contribution in [0.1, 0.15) is 77.1 Å². The SMILES string of the molecule is Cc1noc(/C=C/[C@]2(C)C[C@@H](OC(=O)COc3ccc4c(c3F)B(O)OC4)[C@]3(C)[C@H](C)CC[C@]4(CCC(=O)[C@H]43)[C@@H](C)[C@@H]2O)n1. The molecule has 0 radical (unpaired) electrons. The number of aliphatic hydroxyl groups is 1. The Balaban J connectivity index is 1.33. The number of hydrogen-bond acceptors (Lipinski definition) is 10. The number of esters is 1. The molecule has 0 spiro atoms. The van der Waals surface area contributed by atoms with Crippen molar-refractivity contribution in [3.8, 4) is 5.75 Å². The van der Waals surface area contributed by atoms with E-state index >= 15 is 4.39 Å². The molecule has 236 valence electrons. The minimum Gasteiger partial charge on any atom is -0.479 e. The summed E-state index contributed by atoms with van der Waals surface area (Å²) in [5.74, 6) is -1.31. The van der Waals surface area contributed by atoms with Crippen molar-refractivity contribution in [2.45, 2.75) is 85.5 Å². The van der Waals surface area contributed by atoms with E-state index in [0.717, 1.165) is 12.8 Å². The van der Waals surface area contributed by atoms with Crippen molar-refractivity contribution in [1.82, 2.24) is 10.1 Å². The summed E-state index contributed by atoms with van der Waals surface area (Å²) in [4.78, 5) is 31.4. The van der Waals surface area contributed by atoms with Gasteiger partial charge in [0, 0.05) is 34.7 Å². The first-order chi connectivity index (χ1) is 20.8. The zero-order valence-electron chi connectivity index (χ0n) is 25.8. The van der Waals surface area contributed by atoms with Crippen molar-refractivity contribution in [3.05, 3.63) is 41.3 Å². The molecule has 2 bridgehead atoms. The maximum Gasteiger partial charge on any atom is 0.494 e. The topological polar surface area (TPSA) is 141 Å². The smallest absolute Gasteiger partial charge is 0.479 e. The second-order valence-corrected chi connectivity index (χ2v) is 13.8. The molecule has 3 fully saturated rings. The largest absolute Gasteiger partial charge is 0.494 e. The molecule has 4 aliphatic rings. The van der Waals surface area contributed by atoms with Crippen LogP contribution >= 0.6 is 0 Å². The van der Waals surface area contributed by atoms with Gasteiger partial charge in [-0.05, 0) is 61.5 Å². The summed E-state index contributed by atoms with van der Waals surface area (Å²) in [7, 11) is -1.40. The molecule has 3 saturated carbocycles. The molecular weight excluding hydrogens is 570 g/mol. The van der Waals surface area contributed by atoms with Crippen LogP contribution in [0.2, 0.25) is 0 Å². The summed E-state index contributed by atoms with van der Waals surface area (Å²) in [5.41, 5.74) is -1.53. The first kappa shape index (κ1) is 30.9. The Hall–Kier alpha value is -3.09. The molecule has 8 atom stereocenters. The molecule has 6 rings (SSSR count). The molecule has 3 aliphatic carbocycles. The van der Waals surface area contributed by atoms with E-state index in [2.05, 4.69) is 24.0 Å².